The van der Waals surface area contributed by atoms with E-state index in [-0.39, 0.29) is 0 Å². The number of rotatable bonds is 3. The Balaban J connectivity index is 1.55. The van der Waals surface area contributed by atoms with Gasteiger partial charge in [-0.25, -0.2) is 4.99 Å². The number of hydrogen-bond donors (Lipinski definition) is 1. The minimum Gasteiger partial charge on any atom is -0.246 e. The number of nitrogens with one attached hydrogen (secondary N) is 1. The van der Waals surface area contributed by atoms with Crippen LogP contribution in [0.2, 0.25) is 0 Å². The van der Waals surface area contributed by atoms with Crippen LogP contribution in [-0.2, 0) is 12.8 Å². The lowest BCUT2D eigenvalue weighted by atomic mass is 10.2. The minimum absolute atomic E-state index is 0.758. The number of fused-ring (bicyclic) bond motifs is 1. The molecule has 0 saturated carbocycles. The average Bonchev–Trinajstić information content (AvgIpc) is 2.96. The van der Waals surface area contributed by atoms with E-state index in [2.05, 4.69) is 43.8 Å². The highest BCUT2D eigenvalue weighted by atomic mass is 32.2. The molecule has 0 bridgehead atoms. The van der Waals surface area contributed by atoms with Gasteiger partial charge >= 0.3 is 0 Å². The second-order valence-electron chi connectivity index (χ2n) is 3.74. The summed E-state index contributed by atoms with van der Waals surface area (Å²) in [6.45, 7) is 0. The predicted octanol–water partition coefficient (Wildman–Crippen LogP) is 1.76. The van der Waals surface area contributed by atoms with E-state index in [0.29, 0.717) is 0 Å². The predicted molar refractivity (Wildman–Crippen MR) is 67.6 cm³/mol. The molecule has 0 unspecified atom stereocenters. The standard InChI is InChI=1S/C11H11N5S/c1-2-4-9-8(3-1)7-11(12-9)17-6-5-10-13-15-16-14-10/h1-4H,5-7H2,(H,13,14,15,16). The Kier molecular flexibility index (Phi) is 2.87. The van der Waals surface area contributed by atoms with Gasteiger partial charge in [0.05, 0.1) is 10.7 Å². The first kappa shape index (κ1) is 10.5. The van der Waals surface area contributed by atoms with Gasteiger partial charge in [0.15, 0.2) is 5.82 Å². The molecule has 0 fully saturated rings. The van der Waals surface area contributed by atoms with E-state index in [1.54, 1.807) is 11.8 Å². The van der Waals surface area contributed by atoms with E-state index in [9.17, 15) is 0 Å². The lowest BCUT2D eigenvalue weighted by Crippen LogP contribution is -1.97. The van der Waals surface area contributed by atoms with Crippen LogP contribution in [-0.4, -0.2) is 31.4 Å². The Morgan fingerprint density at radius 1 is 1.29 bits per heavy atom. The van der Waals surface area contributed by atoms with Gasteiger partial charge in [0, 0.05) is 18.6 Å². The van der Waals surface area contributed by atoms with Crippen LogP contribution < -0.4 is 0 Å². The molecule has 1 N–H and O–H groups in total. The van der Waals surface area contributed by atoms with Crippen LogP contribution >= 0.6 is 11.8 Å². The highest BCUT2D eigenvalue weighted by molar-refractivity contribution is 8.14. The summed E-state index contributed by atoms with van der Waals surface area (Å²) in [6.07, 6.45) is 1.77. The van der Waals surface area contributed by atoms with Crippen LogP contribution in [0.3, 0.4) is 0 Å². The molecule has 17 heavy (non-hydrogen) atoms. The van der Waals surface area contributed by atoms with Crippen molar-refractivity contribution in [2.75, 3.05) is 5.75 Å². The first-order chi connectivity index (χ1) is 8.42. The maximum Gasteiger partial charge on any atom is 0.175 e. The second kappa shape index (κ2) is 4.67. The van der Waals surface area contributed by atoms with Gasteiger partial charge in [-0.05, 0) is 11.6 Å². The third-order valence-electron chi connectivity index (χ3n) is 2.56. The maximum atomic E-state index is 4.59. The summed E-state index contributed by atoms with van der Waals surface area (Å²) in [5.74, 6) is 1.69. The van der Waals surface area contributed by atoms with Crippen LogP contribution in [0.1, 0.15) is 11.4 Å². The number of thioether (sulfide) groups is 1. The van der Waals surface area contributed by atoms with Gasteiger partial charge in [0.2, 0.25) is 0 Å². The Morgan fingerprint density at radius 3 is 3.06 bits per heavy atom. The Bertz CT molecular complexity index is 535. The number of hydrogen-bond acceptors (Lipinski definition) is 5. The molecule has 0 saturated heterocycles. The lowest BCUT2D eigenvalue weighted by Gasteiger charge is -1.97. The quantitative estimate of drug-likeness (QED) is 0.894. The summed E-state index contributed by atoms with van der Waals surface area (Å²) in [4.78, 5) is 4.59. The molecular weight excluding hydrogens is 234 g/mol. The molecule has 1 aromatic heterocycles. The van der Waals surface area contributed by atoms with Crippen molar-refractivity contribution in [2.45, 2.75) is 12.8 Å². The number of benzene rings is 1. The van der Waals surface area contributed by atoms with E-state index in [1.807, 2.05) is 6.07 Å². The highest BCUT2D eigenvalue weighted by Crippen LogP contribution is 2.29. The molecule has 1 aliphatic rings. The van der Waals surface area contributed by atoms with E-state index in [1.165, 1.54) is 10.6 Å². The molecule has 0 radical (unpaired) electrons. The van der Waals surface area contributed by atoms with Gasteiger partial charge in [-0.2, -0.15) is 5.21 Å². The van der Waals surface area contributed by atoms with E-state index in [0.717, 1.165) is 30.1 Å². The monoisotopic (exact) mass is 245 g/mol. The van der Waals surface area contributed by atoms with Crippen LogP contribution in [0.5, 0.6) is 0 Å². The van der Waals surface area contributed by atoms with Crippen molar-refractivity contribution in [3.63, 3.8) is 0 Å². The molecule has 1 aromatic carbocycles. The normalized spacial score (nSPS) is 13.5. The smallest absolute Gasteiger partial charge is 0.175 e. The van der Waals surface area contributed by atoms with Crippen LogP contribution in [0.15, 0.2) is 29.3 Å². The molecule has 1 aliphatic heterocycles. The summed E-state index contributed by atoms with van der Waals surface area (Å²) >= 11 is 1.77. The van der Waals surface area contributed by atoms with Gasteiger partial charge in [-0.1, -0.05) is 23.4 Å². The number of aromatic nitrogens is 4. The summed E-state index contributed by atoms with van der Waals surface area (Å²) in [5.41, 5.74) is 2.42. The number of aliphatic imine (C=N–C) groups is 1. The molecule has 6 heteroatoms. The Morgan fingerprint density at radius 2 is 2.24 bits per heavy atom. The molecule has 86 valence electrons. The summed E-state index contributed by atoms with van der Waals surface area (Å²) in [5, 5.41) is 15.0. The fourth-order valence-electron chi connectivity index (χ4n) is 1.74. The maximum absolute atomic E-state index is 4.59. The minimum atomic E-state index is 0.758. The van der Waals surface area contributed by atoms with Crippen LogP contribution in [0, 0.1) is 0 Å². The van der Waals surface area contributed by atoms with Crippen molar-refractivity contribution in [3.8, 4) is 0 Å². The van der Waals surface area contributed by atoms with Crippen LogP contribution in [0.4, 0.5) is 5.69 Å². The zero-order chi connectivity index (χ0) is 11.5. The number of H-pyrrole nitrogens is 1. The SMILES string of the molecule is c1ccc2c(c1)CC(SCCc1nn[nH]n1)=N2. The average molecular weight is 245 g/mol. The first-order valence-electron chi connectivity index (χ1n) is 5.42. The molecule has 0 atom stereocenters. The number of nitrogens with zero attached hydrogens (tertiary/aromatic N) is 4. The fraction of sp³-hybridized carbons (Fsp3) is 0.273. The third-order valence-corrected chi connectivity index (χ3v) is 3.54. The van der Waals surface area contributed by atoms with Crippen LogP contribution in [0.25, 0.3) is 0 Å². The summed E-state index contributed by atoms with van der Waals surface area (Å²) < 4.78 is 0. The molecule has 0 spiro atoms. The topological polar surface area (TPSA) is 66.8 Å². The molecule has 3 rings (SSSR count). The Hall–Kier alpha value is -1.69. The second-order valence-corrected chi connectivity index (χ2v) is 4.91. The van der Waals surface area contributed by atoms with Gasteiger partial charge in [-0.3, -0.25) is 0 Å². The van der Waals surface area contributed by atoms with E-state index >= 15 is 0 Å². The lowest BCUT2D eigenvalue weighted by molar-refractivity contribution is 0.881. The number of para-hydroxylation sites is 1. The molecule has 0 amide bonds. The Labute approximate surface area is 103 Å². The van der Waals surface area contributed by atoms with E-state index in [4.69, 9.17) is 0 Å². The molecule has 0 aliphatic carbocycles. The van der Waals surface area contributed by atoms with Gasteiger partial charge in [0.1, 0.15) is 0 Å². The molecule has 5 nitrogen and oxygen atoms in total. The fourth-order valence-corrected chi connectivity index (χ4v) is 2.68. The largest absolute Gasteiger partial charge is 0.246 e. The van der Waals surface area contributed by atoms with Gasteiger partial charge in [0.25, 0.3) is 0 Å². The van der Waals surface area contributed by atoms with Gasteiger partial charge < -0.3 is 0 Å². The number of aromatic amines is 1. The first-order valence-corrected chi connectivity index (χ1v) is 6.41. The molecule has 2 heterocycles. The zero-order valence-corrected chi connectivity index (χ0v) is 9.94. The van der Waals surface area contributed by atoms with Crippen molar-refractivity contribution in [3.05, 3.63) is 35.7 Å². The van der Waals surface area contributed by atoms with E-state index < -0.39 is 0 Å². The van der Waals surface area contributed by atoms with Gasteiger partial charge in [-0.15, -0.1) is 22.0 Å². The third kappa shape index (κ3) is 2.36. The van der Waals surface area contributed by atoms with Crippen molar-refractivity contribution < 1.29 is 0 Å². The van der Waals surface area contributed by atoms with Crippen molar-refractivity contribution >= 4 is 22.5 Å². The highest BCUT2D eigenvalue weighted by Gasteiger charge is 2.13. The van der Waals surface area contributed by atoms with Crippen molar-refractivity contribution in [2.24, 2.45) is 4.99 Å². The zero-order valence-electron chi connectivity index (χ0n) is 9.13. The van der Waals surface area contributed by atoms with Crippen molar-refractivity contribution in [1.82, 2.24) is 20.6 Å². The van der Waals surface area contributed by atoms with Crippen molar-refractivity contribution in [1.29, 1.82) is 0 Å². The molecular formula is C11H11N5S. The number of tetrazole rings is 1. The summed E-state index contributed by atoms with van der Waals surface area (Å²) in [7, 11) is 0. The number of aryl methyl sites for hydroxylation is 1. The summed E-state index contributed by atoms with van der Waals surface area (Å²) in [6, 6.07) is 8.27. The molecule has 2 aromatic rings.